The first-order valence-electron chi connectivity index (χ1n) is 13.8. The quantitative estimate of drug-likeness (QED) is 0.216. The molecule has 0 saturated carbocycles. The standard InChI is InChI=1S/C34H28N6O3S/c1-21-8-12-24(13-9-21)31-26(17-35)32(37)38-33(27(31)18-36)44-20-30(42)39(19-23-6-4-3-5-7-23)28-16-29(41)40(34(28)43)25-14-10-22(2)11-15-25/h3-15,28H,16,19-20H2,1-2H3,(H2,37,38). The second-order valence-corrected chi connectivity index (χ2v) is 11.4. The smallest absolute Gasteiger partial charge is 0.257 e. The van der Waals surface area contributed by atoms with E-state index in [4.69, 9.17) is 5.73 Å². The predicted molar refractivity (Wildman–Crippen MR) is 168 cm³/mol. The summed E-state index contributed by atoms with van der Waals surface area (Å²) in [7, 11) is 0. The number of nitriles is 2. The molecule has 1 unspecified atom stereocenters. The Balaban J connectivity index is 1.46. The Hall–Kier alpha value is -5.45. The summed E-state index contributed by atoms with van der Waals surface area (Å²) < 4.78 is 0. The van der Waals surface area contributed by atoms with Gasteiger partial charge in [0.05, 0.1) is 23.4 Å². The largest absolute Gasteiger partial charge is 0.383 e. The van der Waals surface area contributed by atoms with Crippen LogP contribution >= 0.6 is 11.8 Å². The number of rotatable bonds is 8. The van der Waals surface area contributed by atoms with Gasteiger partial charge in [0.2, 0.25) is 11.8 Å². The Bertz CT molecular complexity index is 1830. The van der Waals surface area contributed by atoms with Gasteiger partial charge in [-0.1, -0.05) is 89.6 Å². The van der Waals surface area contributed by atoms with E-state index in [2.05, 4.69) is 17.1 Å². The number of amides is 3. The van der Waals surface area contributed by atoms with Crippen LogP contribution < -0.4 is 10.6 Å². The molecule has 1 fully saturated rings. The fourth-order valence-electron chi connectivity index (χ4n) is 5.10. The minimum Gasteiger partial charge on any atom is -0.383 e. The molecule has 0 spiro atoms. The van der Waals surface area contributed by atoms with Gasteiger partial charge < -0.3 is 10.6 Å². The highest BCUT2D eigenvalue weighted by molar-refractivity contribution is 8.00. The number of hydrogen-bond donors (Lipinski definition) is 1. The topological polar surface area (TPSA) is 144 Å². The number of aromatic nitrogens is 1. The second kappa shape index (κ2) is 12.8. The Morgan fingerprint density at radius 1 is 0.955 bits per heavy atom. The summed E-state index contributed by atoms with van der Waals surface area (Å²) in [5.74, 6) is -1.52. The van der Waals surface area contributed by atoms with Crippen LogP contribution in [0.1, 0.15) is 34.2 Å². The minimum atomic E-state index is -1.00. The van der Waals surface area contributed by atoms with E-state index in [0.29, 0.717) is 16.8 Å². The van der Waals surface area contributed by atoms with Crippen LogP contribution in [0.4, 0.5) is 11.5 Å². The lowest BCUT2D eigenvalue weighted by atomic mass is 9.96. The molecule has 1 atom stereocenters. The fraction of sp³-hybridized carbons (Fsp3) is 0.176. The van der Waals surface area contributed by atoms with E-state index in [0.717, 1.165) is 33.4 Å². The number of imide groups is 1. The highest BCUT2D eigenvalue weighted by Gasteiger charge is 2.44. The summed E-state index contributed by atoms with van der Waals surface area (Å²) in [5, 5.41) is 20.2. The number of nitrogens with two attached hydrogens (primary N) is 1. The summed E-state index contributed by atoms with van der Waals surface area (Å²) in [6.45, 7) is 3.95. The SMILES string of the molecule is Cc1ccc(-c2c(C#N)c(N)nc(SCC(=O)N(Cc3ccccc3)C3CC(=O)N(c4ccc(C)cc4)C3=O)c2C#N)cc1. The lowest BCUT2D eigenvalue weighted by Crippen LogP contribution is -2.45. The van der Waals surface area contributed by atoms with Crippen molar-refractivity contribution in [1.82, 2.24) is 9.88 Å². The van der Waals surface area contributed by atoms with E-state index in [-0.39, 0.29) is 40.7 Å². The van der Waals surface area contributed by atoms with E-state index in [9.17, 15) is 24.9 Å². The van der Waals surface area contributed by atoms with Crippen LogP contribution in [-0.4, -0.2) is 39.4 Å². The van der Waals surface area contributed by atoms with Gasteiger partial charge in [-0.25, -0.2) is 9.88 Å². The third-order valence-corrected chi connectivity index (χ3v) is 8.36. The Morgan fingerprint density at radius 2 is 1.57 bits per heavy atom. The van der Waals surface area contributed by atoms with E-state index in [1.807, 2.05) is 68.4 Å². The van der Waals surface area contributed by atoms with Crippen molar-refractivity contribution >= 4 is 41.0 Å². The molecule has 1 saturated heterocycles. The zero-order chi connectivity index (χ0) is 31.4. The maximum Gasteiger partial charge on any atom is 0.257 e. The molecular formula is C34H28N6O3S. The minimum absolute atomic E-state index is 0.0523. The average molecular weight is 601 g/mol. The molecule has 3 amide bonds. The van der Waals surface area contributed by atoms with Crippen LogP contribution in [0.2, 0.25) is 0 Å². The number of anilines is 2. The average Bonchev–Trinajstić information content (AvgIpc) is 3.32. The van der Waals surface area contributed by atoms with Crippen molar-refractivity contribution in [3.63, 3.8) is 0 Å². The second-order valence-electron chi connectivity index (χ2n) is 10.4. The zero-order valence-corrected chi connectivity index (χ0v) is 25.0. The maximum atomic E-state index is 13.9. The van der Waals surface area contributed by atoms with Gasteiger partial charge in [-0.2, -0.15) is 10.5 Å². The molecule has 2 N–H and O–H groups in total. The predicted octanol–water partition coefficient (Wildman–Crippen LogP) is 5.14. The number of aryl methyl sites for hydroxylation is 2. The Kier molecular flexibility index (Phi) is 8.75. The van der Waals surface area contributed by atoms with E-state index < -0.39 is 23.8 Å². The number of carbonyl (C=O) groups excluding carboxylic acids is 3. The van der Waals surface area contributed by atoms with Crippen molar-refractivity contribution < 1.29 is 14.4 Å². The van der Waals surface area contributed by atoms with E-state index in [1.165, 1.54) is 4.90 Å². The van der Waals surface area contributed by atoms with Gasteiger partial charge in [-0.3, -0.25) is 14.4 Å². The number of pyridine rings is 1. The summed E-state index contributed by atoms with van der Waals surface area (Å²) in [4.78, 5) is 47.5. The van der Waals surface area contributed by atoms with Gasteiger partial charge in [0.15, 0.2) is 0 Å². The van der Waals surface area contributed by atoms with Crippen molar-refractivity contribution in [2.75, 3.05) is 16.4 Å². The molecule has 5 rings (SSSR count). The fourth-order valence-corrected chi connectivity index (χ4v) is 5.98. The summed E-state index contributed by atoms with van der Waals surface area (Å²) in [6.07, 6.45) is -0.154. The summed E-state index contributed by atoms with van der Waals surface area (Å²) in [5.41, 5.74) is 10.6. The molecule has 1 aliphatic heterocycles. The van der Waals surface area contributed by atoms with Gasteiger partial charge in [0.1, 0.15) is 34.6 Å². The number of benzene rings is 3. The molecule has 44 heavy (non-hydrogen) atoms. The first-order valence-corrected chi connectivity index (χ1v) is 14.8. The van der Waals surface area contributed by atoms with Crippen LogP contribution in [0.15, 0.2) is 83.9 Å². The van der Waals surface area contributed by atoms with Gasteiger partial charge in [-0.05, 0) is 37.1 Å². The molecule has 0 bridgehead atoms. The van der Waals surface area contributed by atoms with Gasteiger partial charge >= 0.3 is 0 Å². The summed E-state index contributed by atoms with van der Waals surface area (Å²) >= 11 is 0.999. The lowest BCUT2D eigenvalue weighted by molar-refractivity contribution is -0.136. The first kappa shape index (κ1) is 30.0. The van der Waals surface area contributed by atoms with Crippen LogP contribution in [0, 0.1) is 36.5 Å². The Labute approximate surface area is 259 Å². The molecular weight excluding hydrogens is 572 g/mol. The lowest BCUT2D eigenvalue weighted by Gasteiger charge is -2.28. The van der Waals surface area contributed by atoms with Gasteiger partial charge in [0, 0.05) is 12.1 Å². The van der Waals surface area contributed by atoms with Crippen molar-refractivity contribution in [2.45, 2.75) is 37.9 Å². The number of carbonyl (C=O) groups is 3. The van der Waals surface area contributed by atoms with Crippen molar-refractivity contribution in [3.05, 3.63) is 107 Å². The van der Waals surface area contributed by atoms with E-state index in [1.54, 1.807) is 24.3 Å². The van der Waals surface area contributed by atoms with Crippen LogP contribution in [0.3, 0.4) is 0 Å². The van der Waals surface area contributed by atoms with Crippen molar-refractivity contribution in [1.29, 1.82) is 10.5 Å². The molecule has 218 valence electrons. The molecule has 9 nitrogen and oxygen atoms in total. The first-order chi connectivity index (χ1) is 21.2. The highest BCUT2D eigenvalue weighted by Crippen LogP contribution is 2.36. The molecule has 3 aromatic carbocycles. The molecule has 10 heteroatoms. The van der Waals surface area contributed by atoms with Crippen LogP contribution in [-0.2, 0) is 20.9 Å². The Morgan fingerprint density at radius 3 is 2.18 bits per heavy atom. The van der Waals surface area contributed by atoms with Gasteiger partial charge in [0.25, 0.3) is 5.91 Å². The molecule has 1 aliphatic rings. The van der Waals surface area contributed by atoms with Crippen LogP contribution in [0.5, 0.6) is 0 Å². The third-order valence-electron chi connectivity index (χ3n) is 7.40. The van der Waals surface area contributed by atoms with Crippen molar-refractivity contribution in [3.8, 4) is 23.3 Å². The molecule has 1 aromatic heterocycles. The monoisotopic (exact) mass is 600 g/mol. The zero-order valence-electron chi connectivity index (χ0n) is 24.2. The van der Waals surface area contributed by atoms with E-state index >= 15 is 0 Å². The number of hydrogen-bond acceptors (Lipinski definition) is 8. The molecule has 0 radical (unpaired) electrons. The maximum absolute atomic E-state index is 13.9. The molecule has 0 aliphatic carbocycles. The summed E-state index contributed by atoms with van der Waals surface area (Å²) in [6, 6.07) is 26.8. The normalized spacial score (nSPS) is 14.3. The molecule has 2 heterocycles. The van der Waals surface area contributed by atoms with Gasteiger partial charge in [-0.15, -0.1) is 0 Å². The third kappa shape index (κ3) is 6.03. The number of nitrogen functional groups attached to an aromatic ring is 1. The number of thioether (sulfide) groups is 1. The molecule has 4 aromatic rings. The van der Waals surface area contributed by atoms with Crippen LogP contribution in [0.25, 0.3) is 11.1 Å². The highest BCUT2D eigenvalue weighted by atomic mass is 32.2. The van der Waals surface area contributed by atoms with Crippen molar-refractivity contribution in [2.24, 2.45) is 0 Å². The number of nitrogens with zero attached hydrogens (tertiary/aromatic N) is 5.